The van der Waals surface area contributed by atoms with E-state index in [4.69, 9.17) is 0 Å². The van der Waals surface area contributed by atoms with Crippen LogP contribution in [-0.2, 0) is 4.79 Å². The maximum atomic E-state index is 12.4. The molecule has 0 aliphatic heterocycles. The van der Waals surface area contributed by atoms with E-state index in [-0.39, 0.29) is 5.91 Å². The third-order valence-electron chi connectivity index (χ3n) is 3.80. The second kappa shape index (κ2) is 5.36. The average molecular weight is 274 g/mol. The van der Waals surface area contributed by atoms with Gasteiger partial charge in [-0.05, 0) is 18.9 Å². The first-order valence-corrected chi connectivity index (χ1v) is 6.66. The summed E-state index contributed by atoms with van der Waals surface area (Å²) in [5.41, 5.74) is 0.106. The van der Waals surface area contributed by atoms with Crippen molar-refractivity contribution in [3.8, 4) is 0 Å². The van der Waals surface area contributed by atoms with Crippen LogP contribution in [0.15, 0.2) is 30.5 Å². The minimum absolute atomic E-state index is 0.340. The fourth-order valence-electron chi connectivity index (χ4n) is 2.33. The number of fused-ring (bicyclic) bond motifs is 1. The number of carbonyl (C=O) groups is 2. The van der Waals surface area contributed by atoms with Crippen LogP contribution in [0.4, 0.5) is 0 Å². The number of hydrogen-bond acceptors (Lipinski definition) is 2. The molecule has 5 nitrogen and oxygen atoms in total. The Hall–Kier alpha value is -2.30. The monoisotopic (exact) mass is 274 g/mol. The molecule has 1 aromatic heterocycles. The molecule has 106 valence electrons. The molecule has 0 radical (unpaired) electrons. The Kier molecular flexibility index (Phi) is 3.79. The van der Waals surface area contributed by atoms with Gasteiger partial charge in [0.15, 0.2) is 0 Å². The van der Waals surface area contributed by atoms with E-state index in [0.717, 1.165) is 10.9 Å². The zero-order valence-corrected chi connectivity index (χ0v) is 11.6. The molecule has 0 aliphatic carbocycles. The molecule has 0 bridgehead atoms. The minimum Gasteiger partial charge on any atom is -0.480 e. The van der Waals surface area contributed by atoms with Gasteiger partial charge in [0, 0.05) is 17.1 Å². The summed E-state index contributed by atoms with van der Waals surface area (Å²) in [5.74, 6) is -1.37. The summed E-state index contributed by atoms with van der Waals surface area (Å²) in [6, 6.07) is 7.43. The molecule has 2 rings (SSSR count). The predicted molar refractivity (Wildman–Crippen MR) is 76.7 cm³/mol. The Morgan fingerprint density at radius 3 is 2.50 bits per heavy atom. The standard InChI is InChI=1S/C15H18N2O3/c1-3-15(4-2,14(19)20)17-13(18)11-9-16-12-8-6-5-7-10(11)12/h5-9,16H,3-4H2,1-2H3,(H,17,18)(H,19,20). The highest BCUT2D eigenvalue weighted by Crippen LogP contribution is 2.21. The van der Waals surface area contributed by atoms with Crippen LogP contribution in [-0.4, -0.2) is 27.5 Å². The van der Waals surface area contributed by atoms with Crippen LogP contribution in [0.3, 0.4) is 0 Å². The number of para-hydroxylation sites is 1. The molecule has 3 N–H and O–H groups in total. The van der Waals surface area contributed by atoms with E-state index in [1.165, 1.54) is 0 Å². The van der Waals surface area contributed by atoms with Gasteiger partial charge in [-0.2, -0.15) is 0 Å². The lowest BCUT2D eigenvalue weighted by atomic mass is 9.92. The quantitative estimate of drug-likeness (QED) is 0.783. The van der Waals surface area contributed by atoms with Crippen LogP contribution in [0, 0.1) is 0 Å². The number of benzene rings is 1. The Morgan fingerprint density at radius 2 is 1.90 bits per heavy atom. The maximum Gasteiger partial charge on any atom is 0.329 e. The summed E-state index contributed by atoms with van der Waals surface area (Å²) in [4.78, 5) is 26.8. The first kappa shape index (κ1) is 14.1. The van der Waals surface area contributed by atoms with Crippen LogP contribution in [0.5, 0.6) is 0 Å². The highest BCUT2D eigenvalue weighted by Gasteiger charge is 2.36. The molecule has 1 heterocycles. The summed E-state index contributed by atoms with van der Waals surface area (Å²) in [6.45, 7) is 3.51. The van der Waals surface area contributed by atoms with Gasteiger partial charge in [-0.25, -0.2) is 4.79 Å². The third kappa shape index (κ3) is 2.27. The normalized spacial score (nSPS) is 11.5. The number of rotatable bonds is 5. The molecule has 0 saturated heterocycles. The van der Waals surface area contributed by atoms with E-state index in [2.05, 4.69) is 10.3 Å². The van der Waals surface area contributed by atoms with Crippen molar-refractivity contribution in [2.75, 3.05) is 0 Å². The highest BCUT2D eigenvalue weighted by molar-refractivity contribution is 6.08. The zero-order chi connectivity index (χ0) is 14.8. The Balaban J connectivity index is 2.34. The van der Waals surface area contributed by atoms with Crippen LogP contribution >= 0.6 is 0 Å². The van der Waals surface area contributed by atoms with Gasteiger partial charge in [-0.1, -0.05) is 32.0 Å². The summed E-state index contributed by atoms with van der Waals surface area (Å²) in [7, 11) is 0. The topological polar surface area (TPSA) is 82.2 Å². The lowest BCUT2D eigenvalue weighted by Gasteiger charge is -2.27. The predicted octanol–water partition coefficient (Wildman–Crippen LogP) is 2.54. The highest BCUT2D eigenvalue weighted by atomic mass is 16.4. The second-order valence-corrected chi connectivity index (χ2v) is 4.80. The second-order valence-electron chi connectivity index (χ2n) is 4.80. The van der Waals surface area contributed by atoms with Crippen LogP contribution in [0.2, 0.25) is 0 Å². The smallest absolute Gasteiger partial charge is 0.329 e. The fourth-order valence-corrected chi connectivity index (χ4v) is 2.33. The molecule has 1 aromatic carbocycles. The van der Waals surface area contributed by atoms with Crippen molar-refractivity contribution in [3.63, 3.8) is 0 Å². The van der Waals surface area contributed by atoms with Gasteiger partial charge in [-0.3, -0.25) is 4.79 Å². The number of H-pyrrole nitrogens is 1. The van der Waals surface area contributed by atoms with Crippen molar-refractivity contribution in [2.24, 2.45) is 0 Å². The maximum absolute atomic E-state index is 12.4. The number of carbonyl (C=O) groups excluding carboxylic acids is 1. The van der Waals surface area contributed by atoms with E-state index in [1.54, 1.807) is 20.0 Å². The van der Waals surface area contributed by atoms with E-state index < -0.39 is 11.5 Å². The fraction of sp³-hybridized carbons (Fsp3) is 0.333. The van der Waals surface area contributed by atoms with Crippen molar-refractivity contribution in [2.45, 2.75) is 32.2 Å². The summed E-state index contributed by atoms with van der Waals surface area (Å²) >= 11 is 0. The summed E-state index contributed by atoms with van der Waals surface area (Å²) < 4.78 is 0. The lowest BCUT2D eigenvalue weighted by molar-refractivity contribution is -0.144. The van der Waals surface area contributed by atoms with E-state index in [1.807, 2.05) is 24.3 Å². The van der Waals surface area contributed by atoms with E-state index in [0.29, 0.717) is 18.4 Å². The van der Waals surface area contributed by atoms with Gasteiger partial charge in [-0.15, -0.1) is 0 Å². The first-order valence-electron chi connectivity index (χ1n) is 6.66. The van der Waals surface area contributed by atoms with Gasteiger partial charge in [0.2, 0.25) is 0 Å². The minimum atomic E-state index is -1.21. The molecule has 0 aliphatic rings. The van der Waals surface area contributed by atoms with Crippen LogP contribution < -0.4 is 5.32 Å². The van der Waals surface area contributed by atoms with E-state index >= 15 is 0 Å². The Bertz CT molecular complexity index is 641. The number of aromatic amines is 1. The van der Waals surface area contributed by atoms with Crippen molar-refractivity contribution >= 4 is 22.8 Å². The largest absolute Gasteiger partial charge is 0.480 e. The average Bonchev–Trinajstić information content (AvgIpc) is 2.88. The number of aromatic nitrogens is 1. The van der Waals surface area contributed by atoms with Gasteiger partial charge in [0.1, 0.15) is 5.54 Å². The molecule has 0 saturated carbocycles. The number of hydrogen-bond donors (Lipinski definition) is 3. The van der Waals surface area contributed by atoms with Crippen LogP contribution in [0.1, 0.15) is 37.0 Å². The Labute approximate surface area is 117 Å². The van der Waals surface area contributed by atoms with Crippen molar-refractivity contribution in [3.05, 3.63) is 36.0 Å². The van der Waals surface area contributed by atoms with Crippen molar-refractivity contribution < 1.29 is 14.7 Å². The van der Waals surface area contributed by atoms with Crippen molar-refractivity contribution in [1.82, 2.24) is 10.3 Å². The van der Waals surface area contributed by atoms with Gasteiger partial charge < -0.3 is 15.4 Å². The number of carboxylic acid groups (broad SMARTS) is 1. The molecule has 0 unspecified atom stereocenters. The number of aliphatic carboxylic acids is 1. The molecular formula is C15H18N2O3. The first-order chi connectivity index (χ1) is 9.54. The molecule has 2 aromatic rings. The molecule has 0 spiro atoms. The number of carboxylic acids is 1. The molecule has 20 heavy (non-hydrogen) atoms. The van der Waals surface area contributed by atoms with E-state index in [9.17, 15) is 14.7 Å². The van der Waals surface area contributed by atoms with Gasteiger partial charge in [0.25, 0.3) is 5.91 Å². The van der Waals surface area contributed by atoms with Crippen molar-refractivity contribution in [1.29, 1.82) is 0 Å². The SMILES string of the molecule is CCC(CC)(NC(=O)c1c[nH]c2ccccc12)C(=O)O. The molecule has 1 amide bonds. The lowest BCUT2D eigenvalue weighted by Crippen LogP contribution is -2.53. The molecule has 0 fully saturated rings. The molecule has 0 atom stereocenters. The summed E-state index contributed by atoms with van der Waals surface area (Å²) in [5, 5.41) is 12.8. The number of nitrogens with one attached hydrogen (secondary N) is 2. The van der Waals surface area contributed by atoms with Crippen LogP contribution in [0.25, 0.3) is 10.9 Å². The van der Waals surface area contributed by atoms with Gasteiger partial charge >= 0.3 is 5.97 Å². The number of amides is 1. The molecular weight excluding hydrogens is 256 g/mol. The Morgan fingerprint density at radius 1 is 1.25 bits per heavy atom. The zero-order valence-electron chi connectivity index (χ0n) is 11.6. The van der Waals surface area contributed by atoms with Gasteiger partial charge in [0.05, 0.1) is 5.56 Å². The molecule has 5 heteroatoms. The third-order valence-corrected chi connectivity index (χ3v) is 3.80. The summed E-state index contributed by atoms with van der Waals surface area (Å²) in [6.07, 6.45) is 2.29.